The van der Waals surface area contributed by atoms with Crippen molar-refractivity contribution in [3.63, 3.8) is 0 Å². The van der Waals surface area contributed by atoms with Crippen LogP contribution in [0.2, 0.25) is 0 Å². The third kappa shape index (κ3) is 2.05. The monoisotopic (exact) mass is 246 g/mol. The molecule has 0 saturated heterocycles. The number of fused-ring (bicyclic) bond motifs is 1. The van der Waals surface area contributed by atoms with Crippen molar-refractivity contribution in [3.05, 3.63) is 29.4 Å². The fourth-order valence-electron chi connectivity index (χ4n) is 2.38. The van der Waals surface area contributed by atoms with Crippen LogP contribution in [0.1, 0.15) is 55.7 Å². The van der Waals surface area contributed by atoms with Gasteiger partial charge in [-0.15, -0.1) is 0 Å². The van der Waals surface area contributed by atoms with Crippen LogP contribution < -0.4 is 0 Å². The Morgan fingerprint density at radius 3 is 2.94 bits per heavy atom. The quantitative estimate of drug-likeness (QED) is 0.834. The summed E-state index contributed by atoms with van der Waals surface area (Å²) >= 11 is 0. The van der Waals surface area contributed by atoms with Gasteiger partial charge in [0, 0.05) is 11.6 Å². The summed E-state index contributed by atoms with van der Waals surface area (Å²) in [6.07, 6.45) is 6.61. The fraction of sp³-hybridized carbons (Fsp3) is 0.615. The molecule has 2 aromatic heterocycles. The van der Waals surface area contributed by atoms with Crippen molar-refractivity contribution in [2.45, 2.75) is 52.0 Å². The maximum absolute atomic E-state index is 5.28. The molecule has 0 amide bonds. The van der Waals surface area contributed by atoms with Crippen molar-refractivity contribution < 1.29 is 4.52 Å². The first-order valence-electron chi connectivity index (χ1n) is 6.59. The maximum atomic E-state index is 5.28. The van der Waals surface area contributed by atoms with Crippen LogP contribution in [-0.4, -0.2) is 19.7 Å². The summed E-state index contributed by atoms with van der Waals surface area (Å²) in [6, 6.07) is 0. The van der Waals surface area contributed by atoms with Crippen LogP contribution in [-0.2, 0) is 19.4 Å². The van der Waals surface area contributed by atoms with Gasteiger partial charge in [-0.2, -0.15) is 4.98 Å². The average Bonchev–Trinajstić information content (AvgIpc) is 2.98. The van der Waals surface area contributed by atoms with Gasteiger partial charge in [-0.3, -0.25) is 0 Å². The molecule has 0 aliphatic heterocycles. The summed E-state index contributed by atoms with van der Waals surface area (Å²) in [5, 5.41) is 3.99. The Morgan fingerprint density at radius 1 is 1.33 bits per heavy atom. The van der Waals surface area contributed by atoms with E-state index in [1.165, 1.54) is 24.2 Å². The molecule has 2 heterocycles. The molecule has 0 atom stereocenters. The van der Waals surface area contributed by atoms with E-state index in [2.05, 4.69) is 33.5 Å². The molecular formula is C13H18N4O. The molecule has 3 rings (SSSR count). The molecule has 1 aliphatic rings. The van der Waals surface area contributed by atoms with Crippen molar-refractivity contribution in [2.75, 3.05) is 0 Å². The molecule has 1 aliphatic carbocycles. The first kappa shape index (κ1) is 11.4. The topological polar surface area (TPSA) is 56.7 Å². The summed E-state index contributed by atoms with van der Waals surface area (Å²) < 4.78 is 7.43. The van der Waals surface area contributed by atoms with E-state index in [4.69, 9.17) is 4.52 Å². The minimum absolute atomic E-state index is 0.305. The molecule has 18 heavy (non-hydrogen) atoms. The largest absolute Gasteiger partial charge is 0.337 e. The van der Waals surface area contributed by atoms with E-state index < -0.39 is 0 Å². The van der Waals surface area contributed by atoms with Crippen LogP contribution >= 0.6 is 0 Å². The minimum Gasteiger partial charge on any atom is -0.337 e. The lowest BCUT2D eigenvalue weighted by Gasteiger charge is -2.12. The van der Waals surface area contributed by atoms with Crippen LogP contribution in [0.3, 0.4) is 0 Å². The van der Waals surface area contributed by atoms with Gasteiger partial charge < -0.3 is 9.09 Å². The van der Waals surface area contributed by atoms with Gasteiger partial charge >= 0.3 is 0 Å². The smallest absolute Gasteiger partial charge is 0.246 e. The number of hydrogen-bond donors (Lipinski definition) is 0. The zero-order valence-corrected chi connectivity index (χ0v) is 10.9. The van der Waals surface area contributed by atoms with Gasteiger partial charge in [0.05, 0.1) is 12.0 Å². The fourth-order valence-corrected chi connectivity index (χ4v) is 2.38. The predicted molar refractivity (Wildman–Crippen MR) is 66.4 cm³/mol. The number of aryl methyl sites for hydroxylation is 1. The highest BCUT2D eigenvalue weighted by molar-refractivity contribution is 5.17. The first-order valence-corrected chi connectivity index (χ1v) is 6.59. The van der Waals surface area contributed by atoms with Crippen LogP contribution in [0.15, 0.2) is 10.9 Å². The number of nitrogens with zero attached hydrogens (tertiary/aromatic N) is 4. The highest BCUT2D eigenvalue weighted by Crippen LogP contribution is 2.20. The molecule has 96 valence electrons. The van der Waals surface area contributed by atoms with Crippen molar-refractivity contribution in [1.29, 1.82) is 0 Å². The second-order valence-electron chi connectivity index (χ2n) is 5.17. The molecule has 5 nitrogen and oxygen atoms in total. The van der Waals surface area contributed by atoms with Crippen molar-refractivity contribution >= 4 is 0 Å². The number of hydrogen-bond acceptors (Lipinski definition) is 4. The number of imidazole rings is 1. The van der Waals surface area contributed by atoms with E-state index in [0.717, 1.165) is 18.7 Å². The van der Waals surface area contributed by atoms with Gasteiger partial charge in [-0.25, -0.2) is 4.98 Å². The standard InChI is InChI=1S/C13H18N4O/c1-9(2)13-15-12(18-16-13)7-17-8-14-10-5-3-4-6-11(10)17/h8-9H,3-7H2,1-2H3. The van der Waals surface area contributed by atoms with Crippen LogP contribution in [0.5, 0.6) is 0 Å². The lowest BCUT2D eigenvalue weighted by molar-refractivity contribution is 0.363. The highest BCUT2D eigenvalue weighted by atomic mass is 16.5. The van der Waals surface area contributed by atoms with E-state index in [-0.39, 0.29) is 0 Å². The van der Waals surface area contributed by atoms with Crippen molar-refractivity contribution in [3.8, 4) is 0 Å². The Hall–Kier alpha value is -1.65. The summed E-state index contributed by atoms with van der Waals surface area (Å²) in [4.78, 5) is 8.88. The van der Waals surface area contributed by atoms with Gasteiger partial charge in [0.1, 0.15) is 6.54 Å². The van der Waals surface area contributed by atoms with Gasteiger partial charge in [-0.05, 0) is 25.7 Å². The van der Waals surface area contributed by atoms with Crippen LogP contribution in [0.25, 0.3) is 0 Å². The highest BCUT2D eigenvalue weighted by Gasteiger charge is 2.17. The Bertz CT molecular complexity index is 541. The summed E-state index contributed by atoms with van der Waals surface area (Å²) in [5.74, 6) is 1.75. The Morgan fingerprint density at radius 2 is 2.17 bits per heavy atom. The zero-order valence-electron chi connectivity index (χ0n) is 10.9. The third-order valence-corrected chi connectivity index (χ3v) is 3.42. The second kappa shape index (κ2) is 4.55. The molecule has 0 radical (unpaired) electrons. The van der Waals surface area contributed by atoms with E-state index in [9.17, 15) is 0 Å². The molecule has 2 aromatic rings. The lowest BCUT2D eigenvalue weighted by Crippen LogP contribution is -2.09. The predicted octanol–water partition coefficient (Wildman–Crippen LogP) is 2.32. The summed E-state index contributed by atoms with van der Waals surface area (Å²) in [6.45, 7) is 4.77. The van der Waals surface area contributed by atoms with E-state index in [1.54, 1.807) is 0 Å². The molecule has 0 aromatic carbocycles. The normalized spacial score (nSPS) is 15.1. The molecule has 5 heteroatoms. The minimum atomic E-state index is 0.305. The second-order valence-corrected chi connectivity index (χ2v) is 5.17. The third-order valence-electron chi connectivity index (χ3n) is 3.42. The van der Waals surface area contributed by atoms with Crippen molar-refractivity contribution in [2.24, 2.45) is 0 Å². The van der Waals surface area contributed by atoms with Gasteiger partial charge in [0.25, 0.3) is 0 Å². The number of aromatic nitrogens is 4. The molecule has 0 unspecified atom stereocenters. The number of rotatable bonds is 3. The molecule has 0 bridgehead atoms. The Balaban J connectivity index is 1.81. The van der Waals surface area contributed by atoms with Gasteiger partial charge in [-0.1, -0.05) is 19.0 Å². The first-order chi connectivity index (χ1) is 8.74. The molecule has 0 N–H and O–H groups in total. The molecular weight excluding hydrogens is 228 g/mol. The lowest BCUT2D eigenvalue weighted by atomic mass is 10.0. The van der Waals surface area contributed by atoms with Gasteiger partial charge in [0.2, 0.25) is 5.89 Å². The van der Waals surface area contributed by atoms with Crippen LogP contribution in [0, 0.1) is 0 Å². The maximum Gasteiger partial charge on any atom is 0.246 e. The van der Waals surface area contributed by atoms with Crippen molar-refractivity contribution in [1.82, 2.24) is 19.7 Å². The Kier molecular flexibility index (Phi) is 2.89. The van der Waals surface area contributed by atoms with E-state index >= 15 is 0 Å². The molecule has 0 fully saturated rings. The zero-order chi connectivity index (χ0) is 12.5. The SMILES string of the molecule is CC(C)c1noc(Cn2cnc3c2CCCC3)n1. The average molecular weight is 246 g/mol. The van der Waals surface area contributed by atoms with Crippen LogP contribution in [0.4, 0.5) is 0 Å². The van der Waals surface area contributed by atoms with Gasteiger partial charge in [0.15, 0.2) is 5.82 Å². The molecule has 0 saturated carbocycles. The summed E-state index contributed by atoms with van der Waals surface area (Å²) in [5.41, 5.74) is 2.58. The van der Waals surface area contributed by atoms with E-state index in [1.807, 2.05) is 6.33 Å². The Labute approximate surface area is 106 Å². The molecule has 0 spiro atoms. The summed E-state index contributed by atoms with van der Waals surface area (Å²) in [7, 11) is 0. The van der Waals surface area contributed by atoms with E-state index in [0.29, 0.717) is 18.4 Å².